The zero-order valence-electron chi connectivity index (χ0n) is 16.2. The van der Waals surface area contributed by atoms with Crippen LogP contribution >= 0.6 is 0 Å². The van der Waals surface area contributed by atoms with Crippen LogP contribution in [0.25, 0.3) is 0 Å². The average molecular weight is 413 g/mol. The summed E-state index contributed by atoms with van der Waals surface area (Å²) >= 11 is 0. The Morgan fingerprint density at radius 2 is 1.86 bits per heavy atom. The van der Waals surface area contributed by atoms with E-state index >= 15 is 0 Å². The molecule has 3 atom stereocenters. The molecular weight excluding hydrogens is 386 g/mol. The maximum atomic E-state index is 12.9. The molecule has 2 aliphatic heterocycles. The van der Waals surface area contributed by atoms with Crippen LogP contribution in [0.1, 0.15) is 17.2 Å². The minimum Gasteiger partial charge on any atom is -0.483 e. The molecule has 156 valence electrons. The molecule has 0 aromatic heterocycles. The molecule has 2 aliphatic rings. The van der Waals surface area contributed by atoms with Crippen molar-refractivity contribution in [2.24, 2.45) is 11.8 Å². The van der Waals surface area contributed by atoms with Crippen LogP contribution in [0.4, 0.5) is 0 Å². The smallest absolute Gasteiger partial charge is 0.317 e. The predicted octanol–water partition coefficient (Wildman–Crippen LogP) is 0.492. The van der Waals surface area contributed by atoms with Gasteiger partial charge in [0.25, 0.3) is 16.7 Å². The normalized spacial score (nSPS) is 25.2. The molecule has 2 heterocycles. The second-order valence-electron chi connectivity index (χ2n) is 7.28. The third kappa shape index (κ3) is 4.52. The van der Waals surface area contributed by atoms with E-state index in [0.717, 1.165) is 11.1 Å². The minimum atomic E-state index is -3.54. The fraction of sp³-hybridized carbons (Fsp3) is 0.556. The van der Waals surface area contributed by atoms with E-state index in [0.29, 0.717) is 19.6 Å². The Labute approximate surface area is 165 Å². The van der Waals surface area contributed by atoms with Crippen LogP contribution in [0.2, 0.25) is 0 Å². The Kier molecular flexibility index (Phi) is 7.16. The number of likely N-dealkylation sites (tertiary alicyclic amines) is 1. The van der Waals surface area contributed by atoms with E-state index in [9.17, 15) is 13.2 Å². The molecule has 0 unspecified atom stereocenters. The molecule has 0 bridgehead atoms. The van der Waals surface area contributed by atoms with Crippen molar-refractivity contribution in [2.75, 3.05) is 40.3 Å². The summed E-state index contributed by atoms with van der Waals surface area (Å²) in [5.41, 5.74) is 2.07. The van der Waals surface area contributed by atoms with Gasteiger partial charge in [0.15, 0.2) is 0 Å². The number of carbonyl (C=O) groups is 2. The molecule has 0 aliphatic carbocycles. The van der Waals surface area contributed by atoms with Gasteiger partial charge in [0, 0.05) is 33.7 Å². The molecule has 1 aromatic carbocycles. The summed E-state index contributed by atoms with van der Waals surface area (Å²) in [6, 6.07) is 7.60. The summed E-state index contributed by atoms with van der Waals surface area (Å²) in [5.74, 6) is -0.584. The largest absolute Gasteiger partial charge is 0.483 e. The zero-order chi connectivity index (χ0) is 21.1. The first-order valence-electron chi connectivity index (χ1n) is 8.90. The predicted molar refractivity (Wildman–Crippen MR) is 103 cm³/mol. The van der Waals surface area contributed by atoms with Crippen molar-refractivity contribution in [1.29, 1.82) is 0 Å². The second-order valence-corrected chi connectivity index (χ2v) is 9.37. The number of aryl methyl sites for hydroxylation is 1. The lowest BCUT2D eigenvalue weighted by Gasteiger charge is -2.31. The van der Waals surface area contributed by atoms with Crippen molar-refractivity contribution in [3.8, 4) is 0 Å². The Morgan fingerprint density at radius 3 is 2.39 bits per heavy atom. The number of hydrogen-bond acceptors (Lipinski definition) is 5. The van der Waals surface area contributed by atoms with Crippen molar-refractivity contribution >= 4 is 22.7 Å². The van der Waals surface area contributed by atoms with Crippen LogP contribution in [0, 0.1) is 18.8 Å². The number of rotatable bonds is 5. The first kappa shape index (κ1) is 22.3. The van der Waals surface area contributed by atoms with Crippen molar-refractivity contribution in [1.82, 2.24) is 13.5 Å². The minimum absolute atomic E-state index is 0.00786. The van der Waals surface area contributed by atoms with Crippen LogP contribution in [0.5, 0.6) is 0 Å². The van der Waals surface area contributed by atoms with Crippen LogP contribution in [0.3, 0.4) is 0 Å². The van der Waals surface area contributed by atoms with Gasteiger partial charge in [0.05, 0.1) is 12.6 Å². The number of fused-ring (bicyclic) bond motifs is 1. The van der Waals surface area contributed by atoms with Crippen molar-refractivity contribution < 1.29 is 28.2 Å². The number of hydrogen-bond donors (Lipinski definition) is 2. The van der Waals surface area contributed by atoms with Gasteiger partial charge in [0.1, 0.15) is 0 Å². The highest BCUT2D eigenvalue weighted by Crippen LogP contribution is 2.47. The third-order valence-corrected chi connectivity index (χ3v) is 7.21. The molecule has 0 spiro atoms. The maximum Gasteiger partial charge on any atom is 0.317 e. The van der Waals surface area contributed by atoms with E-state index < -0.39 is 16.2 Å². The van der Waals surface area contributed by atoms with Gasteiger partial charge in [-0.25, -0.2) is 0 Å². The van der Waals surface area contributed by atoms with Gasteiger partial charge in [-0.05, 0) is 29.9 Å². The molecule has 28 heavy (non-hydrogen) atoms. The van der Waals surface area contributed by atoms with Gasteiger partial charge < -0.3 is 10.2 Å². The molecular formula is C18H27N3O6S. The first-order valence-corrected chi connectivity index (χ1v) is 10.3. The second kappa shape index (κ2) is 8.99. The Bertz CT molecular complexity index is 813. The lowest BCUT2D eigenvalue weighted by Crippen LogP contribution is -2.42. The van der Waals surface area contributed by atoms with Gasteiger partial charge in [-0.1, -0.05) is 24.3 Å². The number of nitrogens with zero attached hydrogens (tertiary/aromatic N) is 3. The van der Waals surface area contributed by atoms with Gasteiger partial charge in [-0.3, -0.25) is 14.5 Å². The lowest BCUT2D eigenvalue weighted by atomic mass is 9.88. The number of carboxylic acids is 1. The summed E-state index contributed by atoms with van der Waals surface area (Å²) < 4.78 is 28.6. The summed E-state index contributed by atoms with van der Waals surface area (Å²) in [5, 5.41) is 16.0. The molecule has 10 heteroatoms. The molecule has 2 N–H and O–H groups in total. The first-order chi connectivity index (χ1) is 13.1. The highest BCUT2D eigenvalue weighted by atomic mass is 32.2. The molecule has 2 saturated heterocycles. The fourth-order valence-electron chi connectivity index (χ4n) is 4.17. The van der Waals surface area contributed by atoms with E-state index in [1.54, 1.807) is 18.4 Å². The topological polar surface area (TPSA) is 118 Å². The van der Waals surface area contributed by atoms with Crippen LogP contribution in [-0.2, 0) is 19.8 Å². The molecule has 0 amide bonds. The highest BCUT2D eigenvalue weighted by molar-refractivity contribution is 7.86. The summed E-state index contributed by atoms with van der Waals surface area (Å²) in [7, 11) is -0.440. The summed E-state index contributed by atoms with van der Waals surface area (Å²) in [4.78, 5) is 21.3. The lowest BCUT2D eigenvalue weighted by molar-refractivity contribution is -0.138. The van der Waals surface area contributed by atoms with E-state index in [-0.39, 0.29) is 30.9 Å². The number of benzene rings is 1. The molecule has 0 radical (unpaired) electrons. The number of carboxylic acid groups (broad SMARTS) is 2. The standard InChI is InChI=1S/C17H25N3O4S.CH2O2/c1-12-6-4-5-7-14(12)17-15-10-19(11-16(21)22)8-13(15)9-20(17)25(23,24)18(2)3;2-1-3/h4-7,13,15,17H,8-11H2,1-3H3,(H,21,22);1H,(H,2,3)/t13-,15-,17+;/m0./s1. The maximum absolute atomic E-state index is 12.9. The van der Waals surface area contributed by atoms with E-state index in [1.165, 1.54) is 4.31 Å². The van der Waals surface area contributed by atoms with Gasteiger partial charge in [-0.2, -0.15) is 17.0 Å². The van der Waals surface area contributed by atoms with Crippen molar-refractivity contribution in [2.45, 2.75) is 13.0 Å². The van der Waals surface area contributed by atoms with Gasteiger partial charge in [-0.15, -0.1) is 0 Å². The fourth-order valence-corrected chi connectivity index (χ4v) is 5.53. The molecule has 1 aromatic rings. The Hall–Kier alpha value is -2.01. The highest BCUT2D eigenvalue weighted by Gasteiger charge is 2.52. The van der Waals surface area contributed by atoms with E-state index in [1.807, 2.05) is 36.1 Å². The van der Waals surface area contributed by atoms with Crippen LogP contribution in [-0.4, -0.2) is 84.9 Å². The summed E-state index contributed by atoms with van der Waals surface area (Å²) in [6.45, 7) is 3.41. The van der Waals surface area contributed by atoms with Gasteiger partial charge in [0.2, 0.25) is 0 Å². The quantitative estimate of drug-likeness (QED) is 0.675. The average Bonchev–Trinajstić information content (AvgIpc) is 3.13. The van der Waals surface area contributed by atoms with Crippen molar-refractivity contribution in [3.05, 3.63) is 35.4 Å². The van der Waals surface area contributed by atoms with Crippen LogP contribution in [0.15, 0.2) is 24.3 Å². The number of aliphatic carboxylic acids is 1. The molecule has 9 nitrogen and oxygen atoms in total. The van der Waals surface area contributed by atoms with Crippen LogP contribution < -0.4 is 0 Å². The third-order valence-electron chi connectivity index (χ3n) is 5.32. The van der Waals surface area contributed by atoms with E-state index in [2.05, 4.69) is 0 Å². The monoisotopic (exact) mass is 413 g/mol. The Balaban J connectivity index is 0.000000878. The SMILES string of the molecule is Cc1ccccc1[C@@H]1[C@H]2CN(CC(=O)O)C[C@H]2CN1S(=O)(=O)N(C)C.O=CO. The van der Waals surface area contributed by atoms with E-state index in [4.69, 9.17) is 15.0 Å². The van der Waals surface area contributed by atoms with Gasteiger partial charge >= 0.3 is 5.97 Å². The molecule has 0 saturated carbocycles. The zero-order valence-corrected chi connectivity index (χ0v) is 17.0. The van der Waals surface area contributed by atoms with Crippen molar-refractivity contribution in [3.63, 3.8) is 0 Å². The molecule has 3 rings (SSSR count). The summed E-state index contributed by atoms with van der Waals surface area (Å²) in [6.07, 6.45) is 0. The molecule has 2 fully saturated rings. The Morgan fingerprint density at radius 1 is 1.25 bits per heavy atom.